The van der Waals surface area contributed by atoms with E-state index in [1.54, 1.807) is 5.57 Å². The molecule has 1 aromatic rings. The highest BCUT2D eigenvalue weighted by atomic mass is 16.5. The Morgan fingerprint density at radius 1 is 1.24 bits per heavy atom. The molecular weight excluding hydrogens is 304 g/mol. The van der Waals surface area contributed by atoms with Crippen molar-refractivity contribution < 1.29 is 4.74 Å². The van der Waals surface area contributed by atoms with Crippen LogP contribution in [0.15, 0.2) is 54.2 Å². The van der Waals surface area contributed by atoms with Crippen LogP contribution in [0.25, 0.3) is 12.2 Å². The van der Waals surface area contributed by atoms with E-state index in [9.17, 15) is 0 Å². The summed E-state index contributed by atoms with van der Waals surface area (Å²) in [6.07, 6.45) is 15.7. The fourth-order valence-corrected chi connectivity index (χ4v) is 3.35. The highest BCUT2D eigenvalue weighted by Crippen LogP contribution is 2.41. The molecule has 0 spiro atoms. The Bertz CT molecular complexity index is 661. The summed E-state index contributed by atoms with van der Waals surface area (Å²) >= 11 is 0. The van der Waals surface area contributed by atoms with Gasteiger partial charge in [0, 0.05) is 19.1 Å². The van der Waals surface area contributed by atoms with Crippen molar-refractivity contribution in [2.45, 2.75) is 52.4 Å². The normalized spacial score (nSPS) is 16.6. The lowest BCUT2D eigenvalue weighted by molar-refractivity contribution is 0.142. The first-order valence-corrected chi connectivity index (χ1v) is 9.56. The molecule has 0 fully saturated rings. The molecule has 1 aromatic carbocycles. The van der Waals surface area contributed by atoms with Crippen molar-refractivity contribution in [3.8, 4) is 0 Å². The molecule has 0 saturated heterocycles. The van der Waals surface area contributed by atoms with Gasteiger partial charge in [-0.25, -0.2) is 0 Å². The molecule has 1 atom stereocenters. The van der Waals surface area contributed by atoms with Gasteiger partial charge < -0.3 is 4.74 Å². The maximum absolute atomic E-state index is 5.63. The molecule has 0 amide bonds. The predicted molar refractivity (Wildman–Crippen MR) is 111 cm³/mol. The Kier molecular flexibility index (Phi) is 7.94. The van der Waals surface area contributed by atoms with E-state index in [4.69, 9.17) is 4.74 Å². The van der Waals surface area contributed by atoms with Crippen LogP contribution in [-0.4, -0.2) is 13.2 Å². The number of benzene rings is 1. The van der Waals surface area contributed by atoms with E-state index in [1.165, 1.54) is 16.7 Å². The Morgan fingerprint density at radius 2 is 2.08 bits per heavy atom. The van der Waals surface area contributed by atoms with Crippen LogP contribution in [0.2, 0.25) is 0 Å². The molecule has 1 aliphatic carbocycles. The minimum Gasteiger partial charge on any atom is -0.382 e. The third kappa shape index (κ3) is 5.86. The fourth-order valence-electron chi connectivity index (χ4n) is 3.35. The molecule has 134 valence electrons. The molecule has 2 rings (SSSR count). The minimum atomic E-state index is 0.510. The number of ether oxygens (including phenoxy) is 1. The zero-order valence-corrected chi connectivity index (χ0v) is 16.1. The zero-order valence-electron chi connectivity index (χ0n) is 16.1. The van der Waals surface area contributed by atoms with Crippen LogP contribution in [0.3, 0.4) is 0 Å². The van der Waals surface area contributed by atoms with Gasteiger partial charge in [-0.2, -0.15) is 0 Å². The van der Waals surface area contributed by atoms with Gasteiger partial charge >= 0.3 is 0 Å². The minimum absolute atomic E-state index is 0.510. The average Bonchev–Trinajstić information content (AvgIpc) is 2.94. The van der Waals surface area contributed by atoms with Gasteiger partial charge in [-0.1, -0.05) is 67.2 Å². The number of hydrogen-bond donors (Lipinski definition) is 0. The van der Waals surface area contributed by atoms with Crippen LogP contribution in [0.4, 0.5) is 0 Å². The first kappa shape index (κ1) is 19.5. The fraction of sp³-hybridized carbons (Fsp3) is 0.417. The highest BCUT2D eigenvalue weighted by Gasteiger charge is 2.24. The smallest absolute Gasteiger partial charge is 0.0474 e. The van der Waals surface area contributed by atoms with Crippen LogP contribution in [0.1, 0.15) is 69.1 Å². The maximum Gasteiger partial charge on any atom is 0.0474 e. The van der Waals surface area contributed by atoms with E-state index in [2.05, 4.69) is 69.0 Å². The number of fused-ring (bicyclic) bond motifs is 1. The summed E-state index contributed by atoms with van der Waals surface area (Å²) in [6.45, 7) is 11.8. The van der Waals surface area contributed by atoms with Gasteiger partial charge in [0.1, 0.15) is 0 Å². The summed E-state index contributed by atoms with van der Waals surface area (Å²) in [5, 5.41) is 0. The summed E-state index contributed by atoms with van der Waals surface area (Å²) in [5.74, 6) is 0.510. The molecule has 0 N–H and O–H groups in total. The van der Waals surface area contributed by atoms with E-state index >= 15 is 0 Å². The molecule has 0 bridgehead atoms. The molecule has 1 aliphatic rings. The average molecular weight is 337 g/mol. The number of hydrogen-bond acceptors (Lipinski definition) is 1. The van der Waals surface area contributed by atoms with Crippen LogP contribution in [-0.2, 0) is 4.74 Å². The molecule has 1 heteroatoms. The third-order valence-electron chi connectivity index (χ3n) is 4.59. The van der Waals surface area contributed by atoms with Gasteiger partial charge in [-0.3, -0.25) is 0 Å². The summed E-state index contributed by atoms with van der Waals surface area (Å²) in [4.78, 5) is 0. The van der Waals surface area contributed by atoms with Gasteiger partial charge in [0.25, 0.3) is 0 Å². The van der Waals surface area contributed by atoms with Crippen LogP contribution < -0.4 is 0 Å². The Hall–Kier alpha value is -1.86. The largest absolute Gasteiger partial charge is 0.382 e. The Balaban J connectivity index is 2.17. The first-order valence-electron chi connectivity index (χ1n) is 9.56. The lowest BCUT2D eigenvalue weighted by atomic mass is 9.90. The molecular formula is C24H32O. The van der Waals surface area contributed by atoms with Gasteiger partial charge in [-0.05, 0) is 62.3 Å². The van der Waals surface area contributed by atoms with Crippen molar-refractivity contribution in [3.05, 3.63) is 70.8 Å². The molecule has 0 radical (unpaired) electrons. The zero-order chi connectivity index (χ0) is 18.1. The van der Waals surface area contributed by atoms with E-state index in [1.807, 2.05) is 6.92 Å². The molecule has 0 saturated carbocycles. The maximum atomic E-state index is 5.63. The molecule has 0 aromatic heterocycles. The molecule has 1 unspecified atom stereocenters. The van der Waals surface area contributed by atoms with Gasteiger partial charge in [0.2, 0.25) is 0 Å². The standard InChI is InChI=1S/C24H32O/c1-5-7-8-9-10-21-18-22-17-20(12-11-19(3)4)13-14-23(22)24(21)15-16-25-6-2/h7-8,11-14,17-18,24H,3,5-6,9-10,15-16H2,1-2,4H3/b8-7-,12-11+. The van der Waals surface area contributed by atoms with E-state index < -0.39 is 0 Å². The van der Waals surface area contributed by atoms with Gasteiger partial charge in [0.05, 0.1) is 0 Å². The number of rotatable bonds is 10. The van der Waals surface area contributed by atoms with E-state index in [0.29, 0.717) is 5.92 Å². The lowest BCUT2D eigenvalue weighted by Crippen LogP contribution is -2.05. The van der Waals surface area contributed by atoms with Crippen LogP contribution in [0, 0.1) is 0 Å². The quantitative estimate of drug-likeness (QED) is 0.256. The van der Waals surface area contributed by atoms with Crippen molar-refractivity contribution in [2.75, 3.05) is 13.2 Å². The molecule has 0 heterocycles. The van der Waals surface area contributed by atoms with Crippen LogP contribution >= 0.6 is 0 Å². The lowest BCUT2D eigenvalue weighted by Gasteiger charge is -2.17. The second-order valence-corrected chi connectivity index (χ2v) is 6.74. The van der Waals surface area contributed by atoms with Crippen LogP contribution in [0.5, 0.6) is 0 Å². The predicted octanol–water partition coefficient (Wildman–Crippen LogP) is 6.93. The molecule has 25 heavy (non-hydrogen) atoms. The topological polar surface area (TPSA) is 9.23 Å². The third-order valence-corrected chi connectivity index (χ3v) is 4.59. The summed E-state index contributed by atoms with van der Waals surface area (Å²) in [6, 6.07) is 6.83. The monoisotopic (exact) mass is 336 g/mol. The van der Waals surface area contributed by atoms with Crippen molar-refractivity contribution in [1.82, 2.24) is 0 Å². The van der Waals surface area contributed by atoms with Crippen molar-refractivity contribution in [2.24, 2.45) is 0 Å². The SMILES string of the molecule is C=C(C)/C=C/c1ccc2c(c1)C=C(CC/C=C\CC)C2CCOCC. The first-order chi connectivity index (χ1) is 12.2. The van der Waals surface area contributed by atoms with Gasteiger partial charge in [0.15, 0.2) is 0 Å². The Labute approximate surface area is 153 Å². The second kappa shape index (κ2) is 10.2. The van der Waals surface area contributed by atoms with E-state index in [-0.39, 0.29) is 0 Å². The van der Waals surface area contributed by atoms with Crippen molar-refractivity contribution >= 4 is 12.2 Å². The molecule has 0 aliphatic heterocycles. The summed E-state index contributed by atoms with van der Waals surface area (Å²) in [5.41, 5.74) is 6.71. The second-order valence-electron chi connectivity index (χ2n) is 6.74. The highest BCUT2D eigenvalue weighted by molar-refractivity contribution is 5.70. The van der Waals surface area contributed by atoms with Crippen molar-refractivity contribution in [1.29, 1.82) is 0 Å². The number of allylic oxidation sites excluding steroid dienone is 5. The van der Waals surface area contributed by atoms with Gasteiger partial charge in [-0.15, -0.1) is 0 Å². The summed E-state index contributed by atoms with van der Waals surface area (Å²) in [7, 11) is 0. The molecule has 1 nitrogen and oxygen atoms in total. The Morgan fingerprint density at radius 3 is 2.80 bits per heavy atom. The summed E-state index contributed by atoms with van der Waals surface area (Å²) < 4.78 is 5.63. The van der Waals surface area contributed by atoms with Crippen molar-refractivity contribution in [3.63, 3.8) is 0 Å². The van der Waals surface area contributed by atoms with E-state index in [0.717, 1.165) is 44.5 Å².